The number of imide groups is 1. The van der Waals surface area contributed by atoms with Crippen LogP contribution in [0, 0.1) is 0 Å². The van der Waals surface area contributed by atoms with Gasteiger partial charge < -0.3 is 9.47 Å². The smallest absolute Gasteiger partial charge is 0.261 e. The highest BCUT2D eigenvalue weighted by Gasteiger charge is 2.36. The van der Waals surface area contributed by atoms with Gasteiger partial charge in [0.05, 0.1) is 29.7 Å². The largest absolute Gasteiger partial charge is 0.493 e. The van der Waals surface area contributed by atoms with Crippen molar-refractivity contribution in [1.29, 1.82) is 0 Å². The molecule has 0 atom stereocenters. The van der Waals surface area contributed by atoms with Crippen LogP contribution in [0.3, 0.4) is 0 Å². The third-order valence-corrected chi connectivity index (χ3v) is 3.74. The van der Waals surface area contributed by atoms with Gasteiger partial charge in [-0.3, -0.25) is 14.5 Å². The predicted molar refractivity (Wildman–Crippen MR) is 82.7 cm³/mol. The van der Waals surface area contributed by atoms with Gasteiger partial charge in [0.25, 0.3) is 11.8 Å². The quantitative estimate of drug-likeness (QED) is 0.815. The number of carbonyl (C=O) groups excluding carboxylic acids is 2. The molecule has 114 valence electrons. The molecular formula is C17H17NO4. The minimum Gasteiger partial charge on any atom is -0.493 e. The maximum Gasteiger partial charge on any atom is 0.261 e. The second-order valence-electron chi connectivity index (χ2n) is 5.01. The molecule has 0 aromatic heterocycles. The van der Waals surface area contributed by atoms with Crippen molar-refractivity contribution in [2.75, 3.05) is 20.3 Å². The molecule has 3 rings (SSSR count). The molecule has 0 saturated heterocycles. The van der Waals surface area contributed by atoms with Gasteiger partial charge in [0.1, 0.15) is 11.5 Å². The van der Waals surface area contributed by atoms with Gasteiger partial charge in [-0.25, -0.2) is 0 Å². The fraction of sp³-hybridized carbons (Fsp3) is 0.294. The molecule has 2 aromatic carbocycles. The summed E-state index contributed by atoms with van der Waals surface area (Å²) in [7, 11) is 1.49. The molecule has 0 radical (unpaired) electrons. The van der Waals surface area contributed by atoms with Crippen LogP contribution in [0.2, 0.25) is 0 Å². The van der Waals surface area contributed by atoms with Crippen molar-refractivity contribution in [2.24, 2.45) is 0 Å². The lowest BCUT2D eigenvalue weighted by Gasteiger charge is -2.14. The molecule has 0 saturated carbocycles. The summed E-state index contributed by atoms with van der Waals surface area (Å²) in [6, 6.07) is 7.13. The van der Waals surface area contributed by atoms with Gasteiger partial charge in [0.2, 0.25) is 0 Å². The van der Waals surface area contributed by atoms with E-state index >= 15 is 0 Å². The molecule has 0 aliphatic carbocycles. The van der Waals surface area contributed by atoms with E-state index in [1.807, 2.05) is 32.0 Å². The molecule has 22 heavy (non-hydrogen) atoms. The average molecular weight is 299 g/mol. The molecular weight excluding hydrogens is 282 g/mol. The van der Waals surface area contributed by atoms with Gasteiger partial charge >= 0.3 is 0 Å². The number of benzene rings is 2. The van der Waals surface area contributed by atoms with E-state index in [2.05, 4.69) is 0 Å². The summed E-state index contributed by atoms with van der Waals surface area (Å²) >= 11 is 0. The maximum atomic E-state index is 12.4. The molecule has 1 aliphatic heterocycles. The Morgan fingerprint density at radius 2 is 1.68 bits per heavy atom. The third kappa shape index (κ3) is 1.93. The van der Waals surface area contributed by atoms with E-state index in [-0.39, 0.29) is 11.8 Å². The van der Waals surface area contributed by atoms with Crippen molar-refractivity contribution >= 4 is 22.6 Å². The molecule has 0 bridgehead atoms. The van der Waals surface area contributed by atoms with E-state index in [0.29, 0.717) is 41.2 Å². The summed E-state index contributed by atoms with van der Waals surface area (Å²) in [5.74, 6) is 0.629. The van der Waals surface area contributed by atoms with Crippen LogP contribution in [-0.2, 0) is 0 Å². The number of nitrogens with zero attached hydrogens (tertiary/aromatic N) is 1. The molecule has 0 unspecified atom stereocenters. The van der Waals surface area contributed by atoms with Crippen molar-refractivity contribution in [3.05, 3.63) is 35.4 Å². The van der Waals surface area contributed by atoms with Gasteiger partial charge in [-0.2, -0.15) is 0 Å². The molecule has 5 nitrogen and oxygen atoms in total. The minimum absolute atomic E-state index is 0.290. The van der Waals surface area contributed by atoms with Crippen LogP contribution in [0.25, 0.3) is 10.8 Å². The maximum absolute atomic E-state index is 12.4. The second kappa shape index (κ2) is 5.33. The van der Waals surface area contributed by atoms with Crippen molar-refractivity contribution < 1.29 is 19.1 Å². The summed E-state index contributed by atoms with van der Waals surface area (Å²) in [5.41, 5.74) is 0.810. The van der Waals surface area contributed by atoms with E-state index in [0.717, 1.165) is 10.3 Å². The summed E-state index contributed by atoms with van der Waals surface area (Å²) in [5, 5.41) is 1.43. The van der Waals surface area contributed by atoms with Gasteiger partial charge in [-0.1, -0.05) is 12.1 Å². The molecule has 1 aliphatic rings. The van der Waals surface area contributed by atoms with Crippen molar-refractivity contribution in [3.8, 4) is 11.5 Å². The van der Waals surface area contributed by atoms with Gasteiger partial charge in [-0.05, 0) is 26.0 Å². The van der Waals surface area contributed by atoms with Gasteiger partial charge in [-0.15, -0.1) is 0 Å². The molecule has 0 fully saturated rings. The fourth-order valence-corrected chi connectivity index (χ4v) is 2.80. The standard InChI is InChI=1S/C17H17NO4/c1-4-21-12-8-6-7-10-14-11(16(19)18(3)17(14)20)9-13(15(10)12)22-5-2/h6-9H,4-5H2,1-3H3. The van der Waals surface area contributed by atoms with Crippen LogP contribution >= 0.6 is 0 Å². The first kappa shape index (κ1) is 14.4. The molecule has 0 spiro atoms. The number of carbonyl (C=O) groups is 2. The Hall–Kier alpha value is -2.56. The van der Waals surface area contributed by atoms with Crippen molar-refractivity contribution in [3.63, 3.8) is 0 Å². The fourth-order valence-electron chi connectivity index (χ4n) is 2.80. The highest BCUT2D eigenvalue weighted by molar-refractivity contribution is 6.27. The Balaban J connectivity index is 2.39. The van der Waals surface area contributed by atoms with Crippen LogP contribution in [0.4, 0.5) is 0 Å². The van der Waals surface area contributed by atoms with Gasteiger partial charge in [0.15, 0.2) is 0 Å². The Kier molecular flexibility index (Phi) is 3.48. The highest BCUT2D eigenvalue weighted by atomic mass is 16.5. The zero-order valence-electron chi connectivity index (χ0n) is 12.8. The lowest BCUT2D eigenvalue weighted by atomic mass is 9.98. The lowest BCUT2D eigenvalue weighted by molar-refractivity contribution is 0.0693. The molecule has 0 N–H and O–H groups in total. The summed E-state index contributed by atoms with van der Waals surface area (Å²) in [6.45, 7) is 4.75. The average Bonchev–Trinajstić information content (AvgIpc) is 2.73. The summed E-state index contributed by atoms with van der Waals surface area (Å²) in [6.07, 6.45) is 0. The Morgan fingerprint density at radius 1 is 1.00 bits per heavy atom. The van der Waals surface area contributed by atoms with E-state index in [1.165, 1.54) is 7.05 Å². The summed E-state index contributed by atoms with van der Waals surface area (Å²) < 4.78 is 11.4. The van der Waals surface area contributed by atoms with Crippen LogP contribution in [0.15, 0.2) is 24.3 Å². The number of fused-ring (bicyclic) bond motifs is 3. The number of rotatable bonds is 4. The Labute approximate surface area is 128 Å². The first-order valence-corrected chi connectivity index (χ1v) is 7.27. The zero-order chi connectivity index (χ0) is 15.9. The van der Waals surface area contributed by atoms with E-state index in [9.17, 15) is 9.59 Å². The Bertz CT molecular complexity index is 782. The second-order valence-corrected chi connectivity index (χ2v) is 5.01. The van der Waals surface area contributed by atoms with Crippen molar-refractivity contribution in [1.82, 2.24) is 4.90 Å². The van der Waals surface area contributed by atoms with Crippen LogP contribution in [0.1, 0.15) is 34.6 Å². The number of hydrogen-bond acceptors (Lipinski definition) is 4. The van der Waals surface area contributed by atoms with E-state index in [1.54, 1.807) is 6.07 Å². The van der Waals surface area contributed by atoms with Crippen LogP contribution in [-0.4, -0.2) is 37.0 Å². The van der Waals surface area contributed by atoms with E-state index in [4.69, 9.17) is 9.47 Å². The normalized spacial score (nSPS) is 13.7. The summed E-state index contributed by atoms with van der Waals surface area (Å²) in [4.78, 5) is 25.8. The molecule has 5 heteroatoms. The topological polar surface area (TPSA) is 55.8 Å². The monoisotopic (exact) mass is 299 g/mol. The lowest BCUT2D eigenvalue weighted by Crippen LogP contribution is -2.24. The number of ether oxygens (including phenoxy) is 2. The number of amides is 2. The van der Waals surface area contributed by atoms with E-state index < -0.39 is 0 Å². The molecule has 2 amide bonds. The van der Waals surface area contributed by atoms with Crippen LogP contribution in [0.5, 0.6) is 11.5 Å². The Morgan fingerprint density at radius 3 is 2.36 bits per heavy atom. The first-order valence-electron chi connectivity index (χ1n) is 7.27. The predicted octanol–water partition coefficient (Wildman–Crippen LogP) is 2.86. The highest BCUT2D eigenvalue weighted by Crippen LogP contribution is 2.40. The number of hydrogen-bond donors (Lipinski definition) is 0. The van der Waals surface area contributed by atoms with Gasteiger partial charge in [0, 0.05) is 12.4 Å². The SMILES string of the molecule is CCOc1cccc2c3c(cc(OCC)c12)C(=O)N(C)C3=O. The molecule has 1 heterocycles. The minimum atomic E-state index is -0.301. The van der Waals surface area contributed by atoms with Crippen LogP contribution < -0.4 is 9.47 Å². The zero-order valence-corrected chi connectivity index (χ0v) is 12.8. The first-order chi connectivity index (χ1) is 10.6. The van der Waals surface area contributed by atoms with Crippen molar-refractivity contribution in [2.45, 2.75) is 13.8 Å². The third-order valence-electron chi connectivity index (χ3n) is 3.74. The molecule has 2 aromatic rings.